The van der Waals surface area contributed by atoms with Crippen molar-refractivity contribution >= 4 is 27.6 Å². The minimum Gasteiger partial charge on any atom is -0.309 e. The number of benzene rings is 6. The Morgan fingerprint density at radius 1 is 0.558 bits per heavy atom. The van der Waals surface area contributed by atoms with Crippen molar-refractivity contribution in [3.8, 4) is 16.8 Å². The van der Waals surface area contributed by atoms with Gasteiger partial charge in [-0.2, -0.15) is 5.01 Å². The van der Waals surface area contributed by atoms with Gasteiger partial charge in [0.05, 0.1) is 11.0 Å². The second-order valence-corrected chi connectivity index (χ2v) is 11.1. The predicted molar refractivity (Wildman–Crippen MR) is 176 cm³/mol. The summed E-state index contributed by atoms with van der Waals surface area (Å²) < 4.78 is 2.36. The van der Waals surface area contributed by atoms with Gasteiger partial charge >= 0.3 is 0 Å². The number of para-hydroxylation sites is 2. The Kier molecular flexibility index (Phi) is 6.13. The first kappa shape index (κ1) is 25.3. The summed E-state index contributed by atoms with van der Waals surface area (Å²) in [5.41, 5.74) is 9.12. The molecule has 1 saturated heterocycles. The molecule has 0 bridgehead atoms. The fraction of sp³-hybridized carbons (Fsp3) is 0.0513. The van der Waals surface area contributed by atoms with Crippen LogP contribution in [-0.2, 0) is 6.54 Å². The summed E-state index contributed by atoms with van der Waals surface area (Å²) in [6.07, 6.45) is 0.00553. The fourth-order valence-electron chi connectivity index (χ4n) is 6.35. The molecule has 2 heterocycles. The molecule has 8 rings (SSSR count). The molecular weight excluding hydrogens is 524 g/mol. The number of nitrogens with one attached hydrogen (secondary N) is 1. The summed E-state index contributed by atoms with van der Waals surface area (Å²) in [6.45, 7) is 0.700. The van der Waals surface area contributed by atoms with E-state index in [2.05, 4.69) is 148 Å². The van der Waals surface area contributed by atoms with E-state index in [1.807, 2.05) is 24.3 Å². The Labute approximate surface area is 251 Å². The van der Waals surface area contributed by atoms with E-state index in [4.69, 9.17) is 0 Å². The Hall–Kier alpha value is -5.45. The van der Waals surface area contributed by atoms with E-state index in [0.717, 1.165) is 22.4 Å². The average Bonchev–Trinajstić information content (AvgIpc) is 3.68. The summed E-state index contributed by atoms with van der Waals surface area (Å²) in [5, 5.41) is 16.2. The van der Waals surface area contributed by atoms with E-state index in [9.17, 15) is 5.41 Å². The normalized spacial score (nSPS) is 16.0. The molecule has 6 aromatic carbocycles. The van der Waals surface area contributed by atoms with Gasteiger partial charge in [0.15, 0.2) is 0 Å². The summed E-state index contributed by atoms with van der Waals surface area (Å²) in [5.74, 6) is 0.505. The fourth-order valence-corrected chi connectivity index (χ4v) is 6.35. The van der Waals surface area contributed by atoms with E-state index >= 15 is 0 Å². The van der Waals surface area contributed by atoms with Crippen molar-refractivity contribution in [2.75, 3.05) is 0 Å². The van der Waals surface area contributed by atoms with Crippen LogP contribution in [0.1, 0.15) is 22.9 Å². The van der Waals surface area contributed by atoms with Gasteiger partial charge in [-0.25, -0.2) is 0 Å². The first-order chi connectivity index (χ1) is 21.3. The molecule has 4 heteroatoms. The second kappa shape index (κ2) is 10.4. The number of fused-ring (bicyclic) bond motifs is 3. The van der Waals surface area contributed by atoms with Crippen LogP contribution in [-0.4, -0.2) is 20.4 Å². The lowest BCUT2D eigenvalue weighted by atomic mass is 10.0. The maximum atomic E-state index is 9.30. The monoisotopic (exact) mass is 554 g/mol. The maximum Gasteiger partial charge on any atom is 0.144 e. The summed E-state index contributed by atoms with van der Waals surface area (Å²) in [6, 6.07) is 55.3. The number of nitrogens with zero attached hydrogens (tertiary/aromatic N) is 3. The molecule has 0 saturated carbocycles. The lowest BCUT2D eigenvalue weighted by Crippen LogP contribution is -2.16. The third-order valence-electron chi connectivity index (χ3n) is 8.40. The van der Waals surface area contributed by atoms with Crippen LogP contribution in [0.15, 0.2) is 158 Å². The van der Waals surface area contributed by atoms with Gasteiger partial charge in [-0.15, -0.1) is 0 Å². The van der Waals surface area contributed by atoms with Crippen LogP contribution in [0.3, 0.4) is 0 Å². The topological polar surface area (TPSA) is 34.8 Å². The standard InChI is InChI=1S/C39H30N4/c40-38(32-19-12-18-31(26-32)29-14-3-1-4-15-29)43-39(30-16-5-2-6-17-30)41(43)27-28-13-11-20-33(25-28)42-36-23-9-7-21-34(36)35-22-8-10-24-37(35)42/h1-26,39-40H,27H2. The van der Waals surface area contributed by atoms with Gasteiger partial charge in [0.2, 0.25) is 0 Å². The zero-order valence-corrected chi connectivity index (χ0v) is 23.6. The van der Waals surface area contributed by atoms with Crippen LogP contribution in [0.4, 0.5) is 0 Å². The molecule has 0 radical (unpaired) electrons. The van der Waals surface area contributed by atoms with E-state index in [1.54, 1.807) is 0 Å². The first-order valence-electron chi connectivity index (χ1n) is 14.7. The minimum absolute atomic E-state index is 0.00553. The Bertz CT molecular complexity index is 2040. The van der Waals surface area contributed by atoms with Gasteiger partial charge < -0.3 is 4.57 Å². The molecule has 0 amide bonds. The third kappa shape index (κ3) is 4.49. The summed E-state index contributed by atoms with van der Waals surface area (Å²) >= 11 is 0. The molecule has 1 fully saturated rings. The van der Waals surface area contributed by atoms with Gasteiger partial charge in [0.25, 0.3) is 0 Å². The van der Waals surface area contributed by atoms with Crippen molar-refractivity contribution in [1.29, 1.82) is 5.41 Å². The van der Waals surface area contributed by atoms with Gasteiger partial charge in [-0.1, -0.05) is 127 Å². The average molecular weight is 555 g/mol. The van der Waals surface area contributed by atoms with Crippen molar-refractivity contribution in [3.63, 3.8) is 0 Å². The number of amidine groups is 1. The van der Waals surface area contributed by atoms with Crippen LogP contribution < -0.4 is 0 Å². The smallest absolute Gasteiger partial charge is 0.144 e. The molecule has 1 aliphatic heterocycles. The molecule has 7 aromatic rings. The highest BCUT2D eigenvalue weighted by Crippen LogP contribution is 2.44. The SMILES string of the molecule is N=C(c1cccc(-c2ccccc2)c1)N1C(c2ccccc2)N1Cc1cccc(-n2c3ccccc3c3ccccc32)c1. The maximum absolute atomic E-state index is 9.30. The van der Waals surface area contributed by atoms with Crippen molar-refractivity contribution < 1.29 is 0 Å². The molecular formula is C39H30N4. The molecule has 1 aliphatic rings. The summed E-state index contributed by atoms with van der Waals surface area (Å²) in [4.78, 5) is 0. The number of aromatic nitrogens is 1. The number of rotatable bonds is 6. The second-order valence-electron chi connectivity index (χ2n) is 11.1. The molecule has 1 aromatic heterocycles. The van der Waals surface area contributed by atoms with E-state index in [-0.39, 0.29) is 6.17 Å². The van der Waals surface area contributed by atoms with E-state index in [0.29, 0.717) is 12.4 Å². The zero-order valence-electron chi connectivity index (χ0n) is 23.6. The first-order valence-corrected chi connectivity index (χ1v) is 14.7. The third-order valence-corrected chi connectivity index (χ3v) is 8.40. The van der Waals surface area contributed by atoms with E-state index in [1.165, 1.54) is 32.9 Å². The number of hydrogen-bond acceptors (Lipinski definition) is 2. The lowest BCUT2D eigenvalue weighted by Gasteiger charge is -2.12. The minimum atomic E-state index is 0.00553. The number of hydrazine groups is 1. The van der Waals surface area contributed by atoms with Crippen molar-refractivity contribution in [1.82, 2.24) is 14.6 Å². The molecule has 0 spiro atoms. The van der Waals surface area contributed by atoms with Gasteiger partial charge in [0.1, 0.15) is 12.0 Å². The van der Waals surface area contributed by atoms with Crippen LogP contribution in [0.2, 0.25) is 0 Å². The molecule has 2 atom stereocenters. The molecule has 2 unspecified atom stereocenters. The largest absolute Gasteiger partial charge is 0.309 e. The van der Waals surface area contributed by atoms with Crippen molar-refractivity contribution in [2.24, 2.45) is 0 Å². The molecule has 1 N–H and O–H groups in total. The van der Waals surface area contributed by atoms with Crippen LogP contribution >= 0.6 is 0 Å². The van der Waals surface area contributed by atoms with E-state index < -0.39 is 0 Å². The Morgan fingerprint density at radius 2 is 1.16 bits per heavy atom. The number of hydrogen-bond donors (Lipinski definition) is 1. The molecule has 43 heavy (non-hydrogen) atoms. The summed E-state index contributed by atoms with van der Waals surface area (Å²) in [7, 11) is 0. The van der Waals surface area contributed by atoms with Crippen LogP contribution in [0, 0.1) is 5.41 Å². The van der Waals surface area contributed by atoms with Gasteiger partial charge in [-0.05, 0) is 52.6 Å². The van der Waals surface area contributed by atoms with Gasteiger partial charge in [-0.3, -0.25) is 10.4 Å². The van der Waals surface area contributed by atoms with Gasteiger partial charge in [0, 0.05) is 28.6 Å². The quantitative estimate of drug-likeness (QED) is 0.126. The molecule has 4 nitrogen and oxygen atoms in total. The predicted octanol–water partition coefficient (Wildman–Crippen LogP) is 9.21. The van der Waals surface area contributed by atoms with Crippen molar-refractivity contribution in [2.45, 2.75) is 12.7 Å². The van der Waals surface area contributed by atoms with Crippen molar-refractivity contribution in [3.05, 3.63) is 174 Å². The zero-order chi connectivity index (χ0) is 28.8. The highest BCUT2D eigenvalue weighted by molar-refractivity contribution is 6.09. The molecule has 0 aliphatic carbocycles. The molecule has 206 valence electrons. The van der Waals surface area contributed by atoms with Crippen LogP contribution in [0.5, 0.6) is 0 Å². The Balaban J connectivity index is 1.14. The highest BCUT2D eigenvalue weighted by Gasteiger charge is 2.48. The highest BCUT2D eigenvalue weighted by atomic mass is 15.9. The van der Waals surface area contributed by atoms with Crippen LogP contribution in [0.25, 0.3) is 38.6 Å². The lowest BCUT2D eigenvalue weighted by molar-refractivity contribution is 0.391. The Morgan fingerprint density at radius 3 is 1.88 bits per heavy atom.